The van der Waals surface area contributed by atoms with E-state index in [1.54, 1.807) is 18.4 Å². The number of nitrogens with one attached hydrogen (secondary N) is 1. The van der Waals surface area contributed by atoms with Gasteiger partial charge >= 0.3 is 0 Å². The number of carbonyl (C=O) groups excluding carboxylic acids is 1. The summed E-state index contributed by atoms with van der Waals surface area (Å²) in [4.78, 5) is 17.7. The number of ether oxygens (including phenoxy) is 2. The first-order chi connectivity index (χ1) is 11.2. The molecule has 23 heavy (non-hydrogen) atoms. The summed E-state index contributed by atoms with van der Waals surface area (Å²) in [6.07, 6.45) is 4.42. The number of aryl methyl sites for hydroxylation is 2. The van der Waals surface area contributed by atoms with Crippen molar-refractivity contribution in [2.75, 3.05) is 19.0 Å². The van der Waals surface area contributed by atoms with E-state index in [0.717, 1.165) is 35.2 Å². The van der Waals surface area contributed by atoms with E-state index >= 15 is 0 Å². The van der Waals surface area contributed by atoms with Crippen LogP contribution in [0.1, 0.15) is 29.8 Å². The van der Waals surface area contributed by atoms with Crippen molar-refractivity contribution >= 4 is 22.4 Å². The molecular formula is C17H20N2O3S. The van der Waals surface area contributed by atoms with Gasteiger partial charge in [-0.2, -0.15) is 0 Å². The third-order valence-corrected chi connectivity index (χ3v) is 4.79. The minimum absolute atomic E-state index is 0.00393. The zero-order valence-corrected chi connectivity index (χ0v) is 13.9. The lowest BCUT2D eigenvalue weighted by Gasteiger charge is -2.07. The highest BCUT2D eigenvalue weighted by Crippen LogP contribution is 2.30. The smallest absolute Gasteiger partial charge is 0.226 e. The van der Waals surface area contributed by atoms with E-state index in [9.17, 15) is 4.79 Å². The first-order valence-corrected chi connectivity index (χ1v) is 8.61. The zero-order chi connectivity index (χ0) is 16.1. The van der Waals surface area contributed by atoms with Crippen LogP contribution in [0, 0.1) is 0 Å². The SMILES string of the molecule is COc1ccc(OCCCC(=O)Nc2nc3c(s2)CCC3)cc1. The van der Waals surface area contributed by atoms with Crippen molar-refractivity contribution < 1.29 is 14.3 Å². The van der Waals surface area contributed by atoms with Gasteiger partial charge in [0.1, 0.15) is 11.5 Å². The Kier molecular flexibility index (Phi) is 5.12. The second kappa shape index (κ2) is 7.46. The Balaban J connectivity index is 1.37. The molecule has 1 amide bonds. The van der Waals surface area contributed by atoms with Crippen LogP contribution < -0.4 is 14.8 Å². The number of nitrogens with zero attached hydrogens (tertiary/aromatic N) is 1. The predicted octanol–water partition coefficient (Wildman–Crippen LogP) is 3.44. The Morgan fingerprint density at radius 1 is 1.26 bits per heavy atom. The van der Waals surface area contributed by atoms with Gasteiger partial charge in [-0.25, -0.2) is 4.98 Å². The zero-order valence-electron chi connectivity index (χ0n) is 13.1. The van der Waals surface area contributed by atoms with Crippen LogP contribution in [0.2, 0.25) is 0 Å². The van der Waals surface area contributed by atoms with Crippen LogP contribution in [-0.2, 0) is 17.6 Å². The maximum Gasteiger partial charge on any atom is 0.226 e. The summed E-state index contributed by atoms with van der Waals surface area (Å²) in [6.45, 7) is 0.508. The number of amides is 1. The molecule has 1 aromatic heterocycles. The molecule has 0 radical (unpaired) electrons. The molecule has 2 aromatic rings. The van der Waals surface area contributed by atoms with Gasteiger partial charge in [0.25, 0.3) is 0 Å². The highest BCUT2D eigenvalue weighted by atomic mass is 32.1. The third-order valence-electron chi connectivity index (χ3n) is 3.72. The van der Waals surface area contributed by atoms with Crippen LogP contribution in [0.3, 0.4) is 0 Å². The van der Waals surface area contributed by atoms with E-state index in [2.05, 4.69) is 10.3 Å². The van der Waals surface area contributed by atoms with Gasteiger partial charge in [-0.1, -0.05) is 0 Å². The van der Waals surface area contributed by atoms with E-state index in [1.807, 2.05) is 24.3 Å². The Bertz CT molecular complexity index is 645. The van der Waals surface area contributed by atoms with Crippen LogP contribution in [0.5, 0.6) is 11.5 Å². The largest absolute Gasteiger partial charge is 0.497 e. The molecular weight excluding hydrogens is 312 g/mol. The summed E-state index contributed by atoms with van der Waals surface area (Å²) < 4.78 is 10.7. The number of benzene rings is 1. The molecule has 0 unspecified atom stereocenters. The maximum atomic E-state index is 11.9. The molecule has 0 atom stereocenters. The molecule has 0 fully saturated rings. The Labute approximate surface area is 139 Å². The fourth-order valence-electron chi connectivity index (χ4n) is 2.52. The fraction of sp³-hybridized carbons (Fsp3) is 0.412. The van der Waals surface area contributed by atoms with E-state index < -0.39 is 0 Å². The highest BCUT2D eigenvalue weighted by molar-refractivity contribution is 7.15. The van der Waals surface area contributed by atoms with E-state index in [0.29, 0.717) is 19.4 Å². The molecule has 5 nitrogen and oxygen atoms in total. The van der Waals surface area contributed by atoms with Crippen molar-refractivity contribution in [2.45, 2.75) is 32.1 Å². The van der Waals surface area contributed by atoms with E-state index in [4.69, 9.17) is 9.47 Å². The number of carbonyl (C=O) groups is 1. The van der Waals surface area contributed by atoms with Gasteiger partial charge in [0, 0.05) is 11.3 Å². The van der Waals surface area contributed by atoms with Gasteiger partial charge in [-0.3, -0.25) is 4.79 Å². The second-order valence-electron chi connectivity index (χ2n) is 5.42. The molecule has 3 rings (SSSR count). The summed E-state index contributed by atoms with van der Waals surface area (Å²) in [7, 11) is 1.63. The summed E-state index contributed by atoms with van der Waals surface area (Å²) >= 11 is 1.60. The number of fused-ring (bicyclic) bond motifs is 1. The standard InChI is InChI=1S/C17H20N2O3S/c1-21-12-7-9-13(10-8-12)22-11-3-6-16(20)19-17-18-14-4-2-5-15(14)23-17/h7-10H,2-6,11H2,1H3,(H,18,19,20). The predicted molar refractivity (Wildman–Crippen MR) is 90.5 cm³/mol. The van der Waals surface area contributed by atoms with Crippen molar-refractivity contribution in [1.82, 2.24) is 4.98 Å². The number of hydrogen-bond acceptors (Lipinski definition) is 5. The number of thiazole rings is 1. The normalized spacial score (nSPS) is 12.7. The number of anilines is 1. The van der Waals surface area contributed by atoms with Crippen molar-refractivity contribution in [2.24, 2.45) is 0 Å². The molecule has 1 N–H and O–H groups in total. The molecule has 0 saturated heterocycles. The fourth-order valence-corrected chi connectivity index (χ4v) is 3.59. The van der Waals surface area contributed by atoms with Crippen LogP contribution in [0.25, 0.3) is 0 Å². The van der Waals surface area contributed by atoms with Crippen LogP contribution >= 0.6 is 11.3 Å². The van der Waals surface area contributed by atoms with Crippen molar-refractivity contribution in [1.29, 1.82) is 0 Å². The monoisotopic (exact) mass is 332 g/mol. The number of hydrogen-bond donors (Lipinski definition) is 1. The topological polar surface area (TPSA) is 60.5 Å². The highest BCUT2D eigenvalue weighted by Gasteiger charge is 2.17. The average molecular weight is 332 g/mol. The Morgan fingerprint density at radius 3 is 2.78 bits per heavy atom. The summed E-state index contributed by atoms with van der Waals surface area (Å²) in [5.74, 6) is 1.57. The summed E-state index contributed by atoms with van der Waals surface area (Å²) in [5, 5.41) is 3.61. The second-order valence-corrected chi connectivity index (χ2v) is 6.50. The number of methoxy groups -OCH3 is 1. The molecule has 1 aromatic carbocycles. The summed E-state index contributed by atoms with van der Waals surface area (Å²) in [6, 6.07) is 7.42. The van der Waals surface area contributed by atoms with Gasteiger partial charge in [0.2, 0.25) is 5.91 Å². The van der Waals surface area contributed by atoms with Gasteiger partial charge in [-0.05, 0) is 49.9 Å². The lowest BCUT2D eigenvalue weighted by Crippen LogP contribution is -2.12. The molecule has 1 aliphatic carbocycles. The van der Waals surface area contributed by atoms with Crippen LogP contribution in [-0.4, -0.2) is 24.6 Å². The molecule has 0 bridgehead atoms. The summed E-state index contributed by atoms with van der Waals surface area (Å²) in [5.41, 5.74) is 1.16. The lowest BCUT2D eigenvalue weighted by atomic mass is 10.3. The lowest BCUT2D eigenvalue weighted by molar-refractivity contribution is -0.116. The average Bonchev–Trinajstić information content (AvgIpc) is 3.13. The Morgan fingerprint density at radius 2 is 2.04 bits per heavy atom. The first kappa shape index (κ1) is 15.8. The first-order valence-electron chi connectivity index (χ1n) is 7.80. The third kappa shape index (κ3) is 4.22. The minimum atomic E-state index is -0.00393. The van der Waals surface area contributed by atoms with Crippen LogP contribution in [0.4, 0.5) is 5.13 Å². The molecule has 6 heteroatoms. The molecule has 0 saturated carbocycles. The van der Waals surface area contributed by atoms with Crippen molar-refractivity contribution in [3.05, 3.63) is 34.8 Å². The quantitative estimate of drug-likeness (QED) is 0.789. The Hall–Kier alpha value is -2.08. The van der Waals surface area contributed by atoms with Gasteiger partial charge < -0.3 is 14.8 Å². The molecule has 1 heterocycles. The van der Waals surface area contributed by atoms with Gasteiger partial charge in [-0.15, -0.1) is 11.3 Å². The van der Waals surface area contributed by atoms with E-state index in [1.165, 1.54) is 11.3 Å². The number of rotatable bonds is 7. The molecule has 1 aliphatic rings. The molecule has 122 valence electrons. The molecule has 0 aliphatic heterocycles. The maximum absolute atomic E-state index is 11.9. The van der Waals surface area contributed by atoms with Crippen LogP contribution in [0.15, 0.2) is 24.3 Å². The van der Waals surface area contributed by atoms with Gasteiger partial charge in [0.15, 0.2) is 5.13 Å². The molecule has 0 spiro atoms. The van der Waals surface area contributed by atoms with Crippen molar-refractivity contribution in [3.8, 4) is 11.5 Å². The van der Waals surface area contributed by atoms with E-state index in [-0.39, 0.29) is 5.91 Å². The van der Waals surface area contributed by atoms with Crippen molar-refractivity contribution in [3.63, 3.8) is 0 Å². The van der Waals surface area contributed by atoms with Gasteiger partial charge in [0.05, 0.1) is 19.4 Å². The minimum Gasteiger partial charge on any atom is -0.497 e. The number of aromatic nitrogens is 1.